The molecule has 0 aliphatic rings. The highest BCUT2D eigenvalue weighted by molar-refractivity contribution is 8.13. The lowest BCUT2D eigenvalue weighted by atomic mass is 10.2. The van der Waals surface area contributed by atoms with Crippen LogP contribution >= 0.6 is 10.7 Å². The van der Waals surface area contributed by atoms with Gasteiger partial charge in [-0.2, -0.15) is 0 Å². The Morgan fingerprint density at radius 2 is 1.52 bits per heavy atom. The van der Waals surface area contributed by atoms with Gasteiger partial charge in [-0.05, 0) is 36.4 Å². The lowest BCUT2D eigenvalue weighted by molar-refractivity contribution is 0.101. The minimum atomic E-state index is -3.87. The summed E-state index contributed by atoms with van der Waals surface area (Å²) in [6.07, 6.45) is 0. The molecule has 2 aromatic rings. The third-order valence-corrected chi connectivity index (χ3v) is 3.95. The maximum Gasteiger partial charge on any atom is 0.261 e. The summed E-state index contributed by atoms with van der Waals surface area (Å²) in [5.41, 5.74) is -0.543. The molecule has 0 aliphatic carbocycles. The predicted molar refractivity (Wildman–Crippen MR) is 73.8 cm³/mol. The molecular weight excluding hydrogens is 324 g/mol. The number of hydrogen-bond acceptors (Lipinski definition) is 3. The van der Waals surface area contributed by atoms with Crippen LogP contribution in [0.1, 0.15) is 10.4 Å². The van der Waals surface area contributed by atoms with E-state index in [1.54, 1.807) is 0 Å². The molecule has 0 aliphatic heterocycles. The van der Waals surface area contributed by atoms with Crippen LogP contribution in [0.3, 0.4) is 0 Å². The molecule has 0 unspecified atom stereocenters. The predicted octanol–water partition coefficient (Wildman–Crippen LogP) is 3.14. The van der Waals surface area contributed by atoms with Gasteiger partial charge in [0.15, 0.2) is 0 Å². The Morgan fingerprint density at radius 3 is 2.00 bits per heavy atom. The Bertz CT molecular complexity index is 771. The second-order valence-corrected chi connectivity index (χ2v) is 6.58. The molecule has 0 aromatic heterocycles. The van der Waals surface area contributed by atoms with Crippen LogP contribution in [-0.2, 0) is 9.05 Å². The first kappa shape index (κ1) is 15.4. The van der Waals surface area contributed by atoms with Crippen molar-refractivity contribution in [2.75, 3.05) is 5.32 Å². The van der Waals surface area contributed by atoms with Crippen LogP contribution < -0.4 is 5.32 Å². The molecule has 0 saturated heterocycles. The van der Waals surface area contributed by atoms with Crippen molar-refractivity contribution in [3.05, 3.63) is 59.7 Å². The fraction of sp³-hybridized carbons (Fsp3) is 0. The molecule has 0 radical (unpaired) electrons. The summed E-state index contributed by atoms with van der Waals surface area (Å²) < 4.78 is 49.0. The van der Waals surface area contributed by atoms with Gasteiger partial charge in [0.05, 0.1) is 4.90 Å². The van der Waals surface area contributed by atoms with Crippen molar-refractivity contribution in [3.8, 4) is 0 Å². The van der Waals surface area contributed by atoms with Crippen molar-refractivity contribution in [1.82, 2.24) is 0 Å². The van der Waals surface area contributed by atoms with E-state index < -0.39 is 32.2 Å². The van der Waals surface area contributed by atoms with Crippen LogP contribution in [-0.4, -0.2) is 14.3 Å². The molecule has 110 valence electrons. The van der Waals surface area contributed by atoms with E-state index in [0.717, 1.165) is 30.3 Å². The van der Waals surface area contributed by atoms with E-state index in [0.29, 0.717) is 0 Å². The van der Waals surface area contributed by atoms with Gasteiger partial charge < -0.3 is 5.32 Å². The monoisotopic (exact) mass is 331 g/mol. The number of carbonyl (C=O) groups is 1. The molecule has 2 aromatic carbocycles. The highest BCUT2D eigenvalue weighted by Crippen LogP contribution is 2.19. The van der Waals surface area contributed by atoms with E-state index in [1.165, 1.54) is 12.1 Å². The van der Waals surface area contributed by atoms with Crippen LogP contribution in [0.4, 0.5) is 14.5 Å². The van der Waals surface area contributed by atoms with E-state index >= 15 is 0 Å². The summed E-state index contributed by atoms with van der Waals surface area (Å²) in [7, 11) is 1.27. The third-order valence-electron chi connectivity index (χ3n) is 2.58. The summed E-state index contributed by atoms with van der Waals surface area (Å²) in [4.78, 5) is 11.6. The molecule has 0 atom stereocenters. The number of benzene rings is 2. The molecule has 0 spiro atoms. The van der Waals surface area contributed by atoms with Crippen LogP contribution in [0.25, 0.3) is 0 Å². The van der Waals surface area contributed by atoms with Crippen molar-refractivity contribution >= 4 is 31.3 Å². The number of anilines is 1. The maximum absolute atomic E-state index is 13.4. The molecular formula is C13H8ClF2NO3S. The average molecular weight is 332 g/mol. The number of amides is 1. The summed E-state index contributed by atoms with van der Waals surface area (Å²) in [6.45, 7) is 0. The van der Waals surface area contributed by atoms with Gasteiger partial charge in [-0.3, -0.25) is 4.79 Å². The third kappa shape index (κ3) is 3.56. The summed E-state index contributed by atoms with van der Waals surface area (Å²) in [6, 6.07) is 7.90. The van der Waals surface area contributed by atoms with E-state index in [1.807, 2.05) is 0 Å². The van der Waals surface area contributed by atoms with Gasteiger partial charge in [-0.15, -0.1) is 0 Å². The zero-order chi connectivity index (χ0) is 15.6. The molecule has 1 N–H and O–H groups in total. The van der Waals surface area contributed by atoms with Gasteiger partial charge in [0.2, 0.25) is 0 Å². The number of halogens is 3. The smallest absolute Gasteiger partial charge is 0.261 e. The van der Waals surface area contributed by atoms with Gasteiger partial charge >= 0.3 is 0 Å². The first-order valence-corrected chi connectivity index (χ1v) is 7.90. The van der Waals surface area contributed by atoms with Crippen LogP contribution in [0.5, 0.6) is 0 Å². The lowest BCUT2D eigenvalue weighted by Crippen LogP contribution is -2.15. The first-order valence-electron chi connectivity index (χ1n) is 5.59. The van der Waals surface area contributed by atoms with E-state index in [-0.39, 0.29) is 10.6 Å². The normalized spacial score (nSPS) is 11.2. The van der Waals surface area contributed by atoms with Gasteiger partial charge in [0.1, 0.15) is 17.2 Å². The average Bonchev–Trinajstić information content (AvgIpc) is 2.38. The zero-order valence-corrected chi connectivity index (χ0v) is 11.9. The molecule has 0 saturated carbocycles. The summed E-state index contributed by atoms with van der Waals surface area (Å²) in [5, 5.41) is 2.26. The topological polar surface area (TPSA) is 63.2 Å². The molecule has 21 heavy (non-hydrogen) atoms. The Morgan fingerprint density at radius 1 is 1.00 bits per heavy atom. The quantitative estimate of drug-likeness (QED) is 0.879. The summed E-state index contributed by atoms with van der Waals surface area (Å²) in [5.74, 6) is -2.97. The van der Waals surface area contributed by atoms with Gasteiger partial charge in [-0.1, -0.05) is 6.07 Å². The standard InChI is InChI=1S/C13H8ClF2NO3S/c14-21(19,20)9-6-4-8(5-7-9)17-13(18)12-10(15)2-1-3-11(12)16/h1-7H,(H,17,18). The van der Waals surface area contributed by atoms with Crippen LogP contribution in [0.15, 0.2) is 47.4 Å². The molecule has 1 amide bonds. The largest absolute Gasteiger partial charge is 0.322 e. The molecule has 0 bridgehead atoms. The minimum Gasteiger partial charge on any atom is -0.322 e. The highest BCUT2D eigenvalue weighted by atomic mass is 35.7. The Hall–Kier alpha value is -1.99. The minimum absolute atomic E-state index is 0.153. The first-order chi connectivity index (χ1) is 9.79. The van der Waals surface area contributed by atoms with Crippen LogP contribution in [0, 0.1) is 11.6 Å². The number of carbonyl (C=O) groups excluding carboxylic acids is 1. The molecule has 0 fully saturated rings. The Labute approximate surface area is 123 Å². The van der Waals surface area contributed by atoms with Crippen molar-refractivity contribution in [3.63, 3.8) is 0 Å². The SMILES string of the molecule is O=C(Nc1ccc(S(=O)(=O)Cl)cc1)c1c(F)cccc1F. The molecule has 0 heterocycles. The van der Waals surface area contributed by atoms with Crippen molar-refractivity contribution in [2.45, 2.75) is 4.90 Å². The summed E-state index contributed by atoms with van der Waals surface area (Å²) >= 11 is 0. The number of hydrogen-bond donors (Lipinski definition) is 1. The number of rotatable bonds is 3. The maximum atomic E-state index is 13.4. The second kappa shape index (κ2) is 5.79. The zero-order valence-electron chi connectivity index (χ0n) is 10.3. The van der Waals surface area contributed by atoms with E-state index in [9.17, 15) is 22.0 Å². The van der Waals surface area contributed by atoms with E-state index in [2.05, 4.69) is 5.32 Å². The van der Waals surface area contributed by atoms with Crippen molar-refractivity contribution in [1.29, 1.82) is 0 Å². The fourth-order valence-corrected chi connectivity index (χ4v) is 2.38. The van der Waals surface area contributed by atoms with Crippen molar-refractivity contribution < 1.29 is 22.0 Å². The number of nitrogens with one attached hydrogen (secondary N) is 1. The highest BCUT2D eigenvalue weighted by Gasteiger charge is 2.17. The van der Waals surface area contributed by atoms with Gasteiger partial charge in [0.25, 0.3) is 15.0 Å². The molecule has 4 nitrogen and oxygen atoms in total. The fourth-order valence-electron chi connectivity index (χ4n) is 1.61. The van der Waals surface area contributed by atoms with Gasteiger partial charge in [0, 0.05) is 16.4 Å². The lowest BCUT2D eigenvalue weighted by Gasteiger charge is -2.07. The Balaban J connectivity index is 2.24. The molecule has 2 rings (SSSR count). The van der Waals surface area contributed by atoms with Crippen LogP contribution in [0.2, 0.25) is 0 Å². The Kier molecular flexibility index (Phi) is 4.24. The molecule has 8 heteroatoms. The van der Waals surface area contributed by atoms with Gasteiger partial charge in [-0.25, -0.2) is 17.2 Å². The second-order valence-electron chi connectivity index (χ2n) is 4.01. The van der Waals surface area contributed by atoms with Crippen molar-refractivity contribution in [2.24, 2.45) is 0 Å². The van der Waals surface area contributed by atoms with E-state index in [4.69, 9.17) is 10.7 Å².